The summed E-state index contributed by atoms with van der Waals surface area (Å²) in [6.45, 7) is 0. The van der Waals surface area contributed by atoms with E-state index < -0.39 is 10.0 Å². The second kappa shape index (κ2) is 7.20. The van der Waals surface area contributed by atoms with Crippen LogP contribution in [0.5, 0.6) is 5.88 Å². The molecule has 0 aliphatic rings. The third-order valence-corrected chi connectivity index (χ3v) is 5.33. The first-order valence-electron chi connectivity index (χ1n) is 7.24. The molecule has 0 aliphatic heterocycles. The van der Waals surface area contributed by atoms with E-state index in [-0.39, 0.29) is 4.90 Å². The molecule has 128 valence electrons. The average Bonchev–Trinajstić information content (AvgIpc) is 2.62. The van der Waals surface area contributed by atoms with Gasteiger partial charge in [0.05, 0.1) is 17.7 Å². The lowest BCUT2D eigenvalue weighted by Crippen LogP contribution is -2.12. The maximum atomic E-state index is 12.4. The van der Waals surface area contributed by atoms with E-state index in [1.807, 2.05) is 0 Å². The van der Waals surface area contributed by atoms with Crippen LogP contribution in [0, 0.1) is 0 Å². The van der Waals surface area contributed by atoms with Crippen LogP contribution in [-0.2, 0) is 10.0 Å². The fourth-order valence-electron chi connectivity index (χ4n) is 2.12. The number of hydrogen-bond acceptors (Lipinski definition) is 5. The van der Waals surface area contributed by atoms with Gasteiger partial charge in [0.1, 0.15) is 0 Å². The fraction of sp³-hybridized carbons (Fsp3) is 0.0588. The van der Waals surface area contributed by atoms with Crippen molar-refractivity contribution in [1.82, 2.24) is 10.2 Å². The zero-order valence-electron chi connectivity index (χ0n) is 13.2. The molecular formula is C17H14BrN3O3S. The molecule has 3 aromatic rings. The summed E-state index contributed by atoms with van der Waals surface area (Å²) >= 11 is 3.28. The van der Waals surface area contributed by atoms with Gasteiger partial charge >= 0.3 is 0 Å². The van der Waals surface area contributed by atoms with Crippen molar-refractivity contribution < 1.29 is 13.2 Å². The first-order chi connectivity index (χ1) is 12.0. The highest BCUT2D eigenvalue weighted by atomic mass is 79.9. The first kappa shape index (κ1) is 17.4. The predicted octanol–water partition coefficient (Wildman–Crippen LogP) is 3.72. The van der Waals surface area contributed by atoms with Gasteiger partial charge in [-0.05, 0) is 42.5 Å². The Bertz CT molecular complexity index is 958. The van der Waals surface area contributed by atoms with E-state index >= 15 is 0 Å². The maximum absolute atomic E-state index is 12.4. The van der Waals surface area contributed by atoms with Gasteiger partial charge in [-0.1, -0.05) is 28.1 Å². The number of aromatic nitrogens is 2. The summed E-state index contributed by atoms with van der Waals surface area (Å²) in [5, 5.41) is 7.98. The Balaban J connectivity index is 1.79. The quantitative estimate of drug-likeness (QED) is 0.681. The Morgan fingerprint density at radius 2 is 1.60 bits per heavy atom. The van der Waals surface area contributed by atoms with Gasteiger partial charge in [-0.25, -0.2) is 8.42 Å². The van der Waals surface area contributed by atoms with Crippen molar-refractivity contribution in [3.05, 3.63) is 65.1 Å². The van der Waals surface area contributed by atoms with E-state index in [1.165, 1.54) is 19.2 Å². The largest absolute Gasteiger partial charge is 0.480 e. The molecule has 0 saturated carbocycles. The number of methoxy groups -OCH3 is 1. The fourth-order valence-corrected chi connectivity index (χ4v) is 3.44. The summed E-state index contributed by atoms with van der Waals surface area (Å²) in [6, 6.07) is 16.8. The van der Waals surface area contributed by atoms with Crippen LogP contribution in [0.25, 0.3) is 11.3 Å². The molecule has 0 bridgehead atoms. The Hall–Kier alpha value is -2.45. The maximum Gasteiger partial charge on any atom is 0.261 e. The molecule has 6 nitrogen and oxygen atoms in total. The molecule has 1 heterocycles. The van der Waals surface area contributed by atoms with Gasteiger partial charge in [-0.15, -0.1) is 10.2 Å². The van der Waals surface area contributed by atoms with Gasteiger partial charge in [0.15, 0.2) is 0 Å². The molecular weight excluding hydrogens is 406 g/mol. The van der Waals surface area contributed by atoms with Crippen LogP contribution >= 0.6 is 15.9 Å². The molecule has 0 aliphatic carbocycles. The third kappa shape index (κ3) is 4.15. The summed E-state index contributed by atoms with van der Waals surface area (Å²) < 4.78 is 33.1. The number of rotatable bonds is 5. The van der Waals surface area contributed by atoms with Crippen LogP contribution in [0.1, 0.15) is 0 Å². The molecule has 0 atom stereocenters. The molecule has 25 heavy (non-hydrogen) atoms. The van der Waals surface area contributed by atoms with Crippen molar-refractivity contribution in [2.75, 3.05) is 11.8 Å². The third-order valence-electron chi connectivity index (χ3n) is 3.41. The van der Waals surface area contributed by atoms with Crippen molar-refractivity contribution >= 4 is 31.6 Å². The predicted molar refractivity (Wildman–Crippen MR) is 99.0 cm³/mol. The van der Waals surface area contributed by atoms with E-state index in [1.54, 1.807) is 48.5 Å². The molecule has 0 spiro atoms. The van der Waals surface area contributed by atoms with Crippen LogP contribution in [0.2, 0.25) is 0 Å². The number of nitrogens with one attached hydrogen (secondary N) is 1. The zero-order chi connectivity index (χ0) is 17.9. The summed E-state index contributed by atoms with van der Waals surface area (Å²) in [4.78, 5) is 0.195. The van der Waals surface area contributed by atoms with E-state index in [4.69, 9.17) is 4.74 Å². The molecule has 2 aromatic carbocycles. The van der Waals surface area contributed by atoms with Crippen LogP contribution in [0.4, 0.5) is 5.69 Å². The molecule has 3 rings (SSSR count). The van der Waals surface area contributed by atoms with E-state index in [0.717, 1.165) is 10.0 Å². The Kier molecular flexibility index (Phi) is 5.00. The van der Waals surface area contributed by atoms with Crippen LogP contribution in [0.3, 0.4) is 0 Å². The van der Waals surface area contributed by atoms with Crippen LogP contribution < -0.4 is 9.46 Å². The van der Waals surface area contributed by atoms with Crippen molar-refractivity contribution in [2.24, 2.45) is 0 Å². The smallest absolute Gasteiger partial charge is 0.261 e. The highest BCUT2D eigenvalue weighted by Crippen LogP contribution is 2.22. The number of hydrogen-bond donors (Lipinski definition) is 1. The number of ether oxygens (including phenoxy) is 1. The molecule has 8 heteroatoms. The summed E-state index contributed by atoms with van der Waals surface area (Å²) in [5.41, 5.74) is 1.96. The van der Waals surface area contributed by atoms with Gasteiger partial charge in [0, 0.05) is 21.8 Å². The average molecular weight is 420 g/mol. The number of benzene rings is 2. The molecule has 0 unspecified atom stereocenters. The number of nitrogens with zero attached hydrogens (tertiary/aromatic N) is 2. The van der Waals surface area contributed by atoms with Crippen LogP contribution in [0.15, 0.2) is 70.0 Å². The molecule has 1 N–H and O–H groups in total. The minimum absolute atomic E-state index is 0.195. The van der Waals surface area contributed by atoms with Crippen LogP contribution in [-0.4, -0.2) is 25.7 Å². The minimum Gasteiger partial charge on any atom is -0.480 e. The van der Waals surface area contributed by atoms with Crippen molar-refractivity contribution in [3.63, 3.8) is 0 Å². The lowest BCUT2D eigenvalue weighted by Gasteiger charge is -2.09. The highest BCUT2D eigenvalue weighted by molar-refractivity contribution is 9.10. The molecule has 0 saturated heterocycles. The van der Waals surface area contributed by atoms with Crippen molar-refractivity contribution in [1.29, 1.82) is 0 Å². The topological polar surface area (TPSA) is 81.2 Å². The van der Waals surface area contributed by atoms with Gasteiger partial charge in [0.2, 0.25) is 5.88 Å². The van der Waals surface area contributed by atoms with Gasteiger partial charge in [-0.2, -0.15) is 0 Å². The lowest BCUT2D eigenvalue weighted by atomic mass is 10.1. The molecule has 1 aromatic heterocycles. The SMILES string of the molecule is COc1ccc(-c2ccc(NS(=O)(=O)c3ccc(Br)cc3)cc2)nn1. The number of anilines is 1. The second-order valence-corrected chi connectivity index (χ2v) is 7.70. The summed E-state index contributed by atoms with van der Waals surface area (Å²) in [7, 11) is -2.11. The van der Waals surface area contributed by atoms with E-state index in [2.05, 4.69) is 30.8 Å². The standard InChI is InChI=1S/C17H14BrN3O3S/c1-24-17-11-10-16(19-20-17)12-2-6-14(7-3-12)21-25(22,23)15-8-4-13(18)5-9-15/h2-11,21H,1H3. The van der Waals surface area contributed by atoms with Crippen molar-refractivity contribution in [3.8, 4) is 17.1 Å². The Morgan fingerprint density at radius 3 is 2.16 bits per heavy atom. The van der Waals surface area contributed by atoms with Crippen molar-refractivity contribution in [2.45, 2.75) is 4.90 Å². The van der Waals surface area contributed by atoms with Gasteiger partial charge in [0.25, 0.3) is 10.0 Å². The molecule has 0 fully saturated rings. The molecule has 0 amide bonds. The zero-order valence-corrected chi connectivity index (χ0v) is 15.6. The Labute approximate surface area is 154 Å². The Morgan fingerprint density at radius 1 is 0.920 bits per heavy atom. The van der Waals surface area contributed by atoms with Gasteiger partial charge < -0.3 is 4.74 Å². The highest BCUT2D eigenvalue weighted by Gasteiger charge is 2.14. The minimum atomic E-state index is -3.63. The summed E-state index contributed by atoms with van der Waals surface area (Å²) in [5.74, 6) is 0.433. The first-order valence-corrected chi connectivity index (χ1v) is 9.52. The molecule has 0 radical (unpaired) electrons. The monoisotopic (exact) mass is 419 g/mol. The lowest BCUT2D eigenvalue weighted by molar-refractivity contribution is 0.392. The number of halogens is 1. The van der Waals surface area contributed by atoms with Gasteiger partial charge in [-0.3, -0.25) is 4.72 Å². The normalized spacial score (nSPS) is 11.1. The summed E-state index contributed by atoms with van der Waals surface area (Å²) in [6.07, 6.45) is 0. The second-order valence-electron chi connectivity index (χ2n) is 5.10. The van der Waals surface area contributed by atoms with E-state index in [0.29, 0.717) is 17.3 Å². The van der Waals surface area contributed by atoms with E-state index in [9.17, 15) is 8.42 Å². The number of sulfonamides is 1.